The third-order valence-electron chi connectivity index (χ3n) is 2.89. The van der Waals surface area contributed by atoms with E-state index in [2.05, 4.69) is 33.2 Å². The number of carbonyl (C=O) groups is 1. The van der Waals surface area contributed by atoms with Gasteiger partial charge in [0, 0.05) is 16.3 Å². The van der Waals surface area contributed by atoms with E-state index in [4.69, 9.17) is 0 Å². The molecule has 0 aliphatic rings. The Morgan fingerprint density at radius 2 is 2.00 bits per heavy atom. The van der Waals surface area contributed by atoms with Crippen LogP contribution in [0.3, 0.4) is 0 Å². The molecule has 0 radical (unpaired) electrons. The Labute approximate surface area is 121 Å². The molecule has 0 aliphatic heterocycles. The van der Waals surface area contributed by atoms with Crippen molar-refractivity contribution in [2.24, 2.45) is 0 Å². The fourth-order valence-corrected chi connectivity index (χ4v) is 2.60. The van der Waals surface area contributed by atoms with Gasteiger partial charge in [-0.1, -0.05) is 47.1 Å². The minimum absolute atomic E-state index is 0.119. The second-order valence-electron chi connectivity index (χ2n) is 4.78. The van der Waals surface area contributed by atoms with E-state index in [1.807, 2.05) is 37.3 Å². The largest absolute Gasteiger partial charge is 0.348 e. The molecule has 0 aliphatic carbocycles. The molecule has 2 unspecified atom stereocenters. The number of pyridine rings is 1. The molecule has 0 spiro atoms. The summed E-state index contributed by atoms with van der Waals surface area (Å²) >= 11 is 3.49. The zero-order valence-electron chi connectivity index (χ0n) is 11.1. The van der Waals surface area contributed by atoms with E-state index in [1.54, 1.807) is 6.07 Å². The molecule has 1 heterocycles. The average Bonchev–Trinajstić information content (AvgIpc) is 2.37. The maximum atomic E-state index is 12.1. The number of carbonyl (C=O) groups excluding carboxylic acids is 1. The van der Waals surface area contributed by atoms with Crippen LogP contribution in [0.1, 0.15) is 30.8 Å². The summed E-state index contributed by atoms with van der Waals surface area (Å²) in [6.07, 6.45) is 0.888. The van der Waals surface area contributed by atoms with Crippen LogP contribution in [0.4, 0.5) is 0 Å². The molecule has 2 atom stereocenters. The number of rotatable bonds is 4. The smallest absolute Gasteiger partial charge is 0.270 e. The van der Waals surface area contributed by atoms with Gasteiger partial charge in [0.1, 0.15) is 5.69 Å². The third-order valence-corrected chi connectivity index (χ3v) is 3.26. The van der Waals surface area contributed by atoms with Gasteiger partial charge in [0.15, 0.2) is 0 Å². The van der Waals surface area contributed by atoms with Crippen LogP contribution in [-0.4, -0.2) is 21.8 Å². The van der Waals surface area contributed by atoms with E-state index in [0.717, 1.165) is 17.3 Å². The molecule has 0 bridgehead atoms. The molecule has 0 saturated heterocycles. The number of hydrogen-bond donors (Lipinski definition) is 1. The summed E-state index contributed by atoms with van der Waals surface area (Å²) in [5, 5.41) is 4.00. The van der Waals surface area contributed by atoms with Gasteiger partial charge in [-0.3, -0.25) is 4.79 Å². The second kappa shape index (κ2) is 6.15. The van der Waals surface area contributed by atoms with E-state index >= 15 is 0 Å². The Morgan fingerprint density at radius 3 is 2.74 bits per heavy atom. The number of benzene rings is 1. The van der Waals surface area contributed by atoms with Gasteiger partial charge in [0.05, 0.1) is 5.52 Å². The van der Waals surface area contributed by atoms with E-state index in [1.165, 1.54) is 0 Å². The van der Waals surface area contributed by atoms with E-state index < -0.39 is 0 Å². The summed E-state index contributed by atoms with van der Waals surface area (Å²) in [6.45, 7) is 4.06. The Morgan fingerprint density at radius 1 is 1.26 bits per heavy atom. The van der Waals surface area contributed by atoms with Gasteiger partial charge >= 0.3 is 0 Å². The van der Waals surface area contributed by atoms with Crippen LogP contribution in [0.2, 0.25) is 0 Å². The molecule has 19 heavy (non-hydrogen) atoms. The number of alkyl halides is 1. The highest BCUT2D eigenvalue weighted by Crippen LogP contribution is 2.12. The van der Waals surface area contributed by atoms with E-state index in [9.17, 15) is 4.79 Å². The summed E-state index contributed by atoms with van der Waals surface area (Å²) in [5.41, 5.74) is 1.31. The Hall–Kier alpha value is -1.42. The third kappa shape index (κ3) is 3.77. The maximum Gasteiger partial charge on any atom is 0.270 e. The summed E-state index contributed by atoms with van der Waals surface area (Å²) in [5.74, 6) is -0.119. The minimum atomic E-state index is -0.119. The Balaban J connectivity index is 2.13. The normalized spacial score (nSPS) is 14.1. The molecular weight excluding hydrogens is 304 g/mol. The molecular formula is C15H17BrN2O. The minimum Gasteiger partial charge on any atom is -0.348 e. The van der Waals surface area contributed by atoms with Gasteiger partial charge in [-0.05, 0) is 25.5 Å². The van der Waals surface area contributed by atoms with Gasteiger partial charge in [-0.25, -0.2) is 4.98 Å². The average molecular weight is 321 g/mol. The molecule has 3 nitrogen and oxygen atoms in total. The number of halogens is 1. The summed E-state index contributed by atoms with van der Waals surface area (Å²) < 4.78 is 0. The van der Waals surface area contributed by atoms with Crippen molar-refractivity contribution in [3.63, 3.8) is 0 Å². The van der Waals surface area contributed by atoms with Gasteiger partial charge < -0.3 is 5.32 Å². The van der Waals surface area contributed by atoms with Crippen LogP contribution in [-0.2, 0) is 0 Å². The Bertz CT molecular complexity index is 583. The number of nitrogens with one attached hydrogen (secondary N) is 1. The van der Waals surface area contributed by atoms with Crippen molar-refractivity contribution in [1.29, 1.82) is 0 Å². The van der Waals surface area contributed by atoms with Crippen molar-refractivity contribution in [1.82, 2.24) is 10.3 Å². The number of amides is 1. The van der Waals surface area contributed by atoms with Crippen molar-refractivity contribution < 1.29 is 4.79 Å². The Kier molecular flexibility index (Phi) is 4.53. The molecule has 1 amide bonds. The highest BCUT2D eigenvalue weighted by molar-refractivity contribution is 9.09. The maximum absolute atomic E-state index is 12.1. The number of fused-ring (bicyclic) bond motifs is 1. The summed E-state index contributed by atoms with van der Waals surface area (Å²) in [6, 6.07) is 11.6. The fraction of sp³-hybridized carbons (Fsp3) is 0.333. The summed E-state index contributed by atoms with van der Waals surface area (Å²) in [4.78, 5) is 16.9. The highest BCUT2D eigenvalue weighted by Gasteiger charge is 2.12. The molecule has 0 fully saturated rings. The lowest BCUT2D eigenvalue weighted by Gasteiger charge is -2.14. The van der Waals surface area contributed by atoms with Crippen LogP contribution in [0.15, 0.2) is 36.4 Å². The predicted octanol–water partition coefficient (Wildman–Crippen LogP) is 3.53. The van der Waals surface area contributed by atoms with Crippen LogP contribution >= 0.6 is 15.9 Å². The van der Waals surface area contributed by atoms with Crippen molar-refractivity contribution in [2.45, 2.75) is 31.1 Å². The number of nitrogens with zero attached hydrogens (tertiary/aromatic N) is 1. The van der Waals surface area contributed by atoms with E-state index in [0.29, 0.717) is 10.5 Å². The zero-order chi connectivity index (χ0) is 13.8. The van der Waals surface area contributed by atoms with Gasteiger partial charge in [0.2, 0.25) is 0 Å². The van der Waals surface area contributed by atoms with Crippen LogP contribution in [0, 0.1) is 0 Å². The topological polar surface area (TPSA) is 42.0 Å². The fourth-order valence-electron chi connectivity index (χ4n) is 2.04. The van der Waals surface area contributed by atoms with Crippen LogP contribution in [0.5, 0.6) is 0 Å². The van der Waals surface area contributed by atoms with E-state index in [-0.39, 0.29) is 11.9 Å². The molecule has 1 N–H and O–H groups in total. The van der Waals surface area contributed by atoms with Crippen LogP contribution in [0.25, 0.3) is 10.9 Å². The molecule has 4 heteroatoms. The molecule has 2 rings (SSSR count). The summed E-state index contributed by atoms with van der Waals surface area (Å²) in [7, 11) is 0. The molecule has 1 aromatic carbocycles. The monoisotopic (exact) mass is 320 g/mol. The van der Waals surface area contributed by atoms with Gasteiger partial charge in [0.25, 0.3) is 5.91 Å². The van der Waals surface area contributed by atoms with Crippen molar-refractivity contribution in [2.75, 3.05) is 0 Å². The quantitative estimate of drug-likeness (QED) is 0.876. The standard InChI is InChI=1S/C15H17BrN2O/c1-10(16)9-11(2)17-15(19)14-8-7-12-5-3-4-6-13(12)18-14/h3-8,10-11H,9H2,1-2H3,(H,17,19). The number of para-hydroxylation sites is 1. The van der Waals surface area contributed by atoms with Crippen molar-refractivity contribution in [3.8, 4) is 0 Å². The SMILES string of the molecule is CC(Br)CC(C)NC(=O)c1ccc2ccccc2n1. The van der Waals surface area contributed by atoms with Crippen molar-refractivity contribution >= 4 is 32.7 Å². The first-order chi connectivity index (χ1) is 9.06. The molecule has 100 valence electrons. The second-order valence-corrected chi connectivity index (χ2v) is 6.34. The predicted molar refractivity (Wildman–Crippen MR) is 81.7 cm³/mol. The van der Waals surface area contributed by atoms with Gasteiger partial charge in [-0.2, -0.15) is 0 Å². The number of aromatic nitrogens is 1. The first-order valence-electron chi connectivity index (χ1n) is 6.37. The number of hydrogen-bond acceptors (Lipinski definition) is 2. The lowest BCUT2D eigenvalue weighted by atomic mass is 10.1. The highest BCUT2D eigenvalue weighted by atomic mass is 79.9. The molecule has 1 aromatic heterocycles. The van der Waals surface area contributed by atoms with Gasteiger partial charge in [-0.15, -0.1) is 0 Å². The first kappa shape index (κ1) is 14.0. The molecule has 0 saturated carbocycles. The zero-order valence-corrected chi connectivity index (χ0v) is 12.6. The van der Waals surface area contributed by atoms with Crippen LogP contribution < -0.4 is 5.32 Å². The lowest BCUT2D eigenvalue weighted by Crippen LogP contribution is -2.34. The van der Waals surface area contributed by atoms with Crippen molar-refractivity contribution in [3.05, 3.63) is 42.1 Å². The molecule has 2 aromatic rings. The first-order valence-corrected chi connectivity index (χ1v) is 7.28. The lowest BCUT2D eigenvalue weighted by molar-refractivity contribution is 0.0934.